The maximum Gasteiger partial charge on any atom is 0.165 e. The summed E-state index contributed by atoms with van der Waals surface area (Å²) in [7, 11) is 0. The van der Waals surface area contributed by atoms with E-state index in [0.29, 0.717) is 17.5 Å². The summed E-state index contributed by atoms with van der Waals surface area (Å²) in [6.07, 6.45) is 0. The number of rotatable bonds is 5. The molecule has 5 heteroatoms. The molecule has 0 radical (unpaired) electrons. The lowest BCUT2D eigenvalue weighted by molar-refractivity contribution is 0.631. The molecule has 0 aliphatic carbocycles. The average molecular weight is 658 g/mol. The van der Waals surface area contributed by atoms with Gasteiger partial charge in [0.15, 0.2) is 17.5 Å². The molecule has 7 aromatic carbocycles. The van der Waals surface area contributed by atoms with E-state index >= 15 is 0 Å². The van der Waals surface area contributed by atoms with Crippen LogP contribution in [0.25, 0.3) is 98.5 Å². The molecule has 0 atom stereocenters. The molecule has 3 aromatic heterocycles. The second-order valence-corrected chi connectivity index (χ2v) is 13.5. The van der Waals surface area contributed by atoms with E-state index in [4.69, 9.17) is 19.4 Å². The van der Waals surface area contributed by atoms with Gasteiger partial charge in [-0.3, -0.25) is 0 Å². The number of para-hydroxylation sites is 1. The summed E-state index contributed by atoms with van der Waals surface area (Å²) in [5.74, 6) is 2.75. The Hall–Kier alpha value is -6.43. The number of nitrogens with zero attached hydrogens (tertiary/aromatic N) is 3. The fourth-order valence-electron chi connectivity index (χ4n) is 6.78. The van der Waals surface area contributed by atoms with Crippen LogP contribution < -0.4 is 0 Å². The van der Waals surface area contributed by atoms with E-state index in [0.717, 1.165) is 44.4 Å². The molecule has 0 fully saturated rings. The Bertz CT molecular complexity index is 2840. The zero-order chi connectivity index (χ0) is 33.0. The summed E-state index contributed by atoms with van der Waals surface area (Å²) < 4.78 is 8.56. The Morgan fingerprint density at radius 3 is 1.88 bits per heavy atom. The number of hydrogen-bond acceptors (Lipinski definition) is 5. The van der Waals surface area contributed by atoms with Crippen molar-refractivity contribution in [2.24, 2.45) is 0 Å². The van der Waals surface area contributed by atoms with Gasteiger partial charge >= 0.3 is 0 Å². The van der Waals surface area contributed by atoms with Crippen LogP contribution in [0.15, 0.2) is 168 Å². The first-order chi connectivity index (χ1) is 24.7. The fraction of sp³-hybridized carbons (Fsp3) is 0. The van der Waals surface area contributed by atoms with Crippen molar-refractivity contribution in [2.45, 2.75) is 0 Å². The van der Waals surface area contributed by atoms with E-state index < -0.39 is 0 Å². The Labute approximate surface area is 292 Å². The molecule has 0 aliphatic heterocycles. The zero-order valence-corrected chi connectivity index (χ0v) is 27.6. The quantitative estimate of drug-likeness (QED) is 0.185. The normalized spacial score (nSPS) is 11.6. The molecule has 10 aromatic rings. The number of benzene rings is 7. The average Bonchev–Trinajstić information content (AvgIpc) is 3.80. The van der Waals surface area contributed by atoms with Gasteiger partial charge in [0.2, 0.25) is 0 Å². The van der Waals surface area contributed by atoms with Crippen LogP contribution in [0.1, 0.15) is 0 Å². The minimum Gasteiger partial charge on any atom is -0.456 e. The van der Waals surface area contributed by atoms with Gasteiger partial charge in [-0.2, -0.15) is 0 Å². The van der Waals surface area contributed by atoms with Gasteiger partial charge in [-0.15, -0.1) is 11.3 Å². The molecule has 0 spiro atoms. The summed E-state index contributed by atoms with van der Waals surface area (Å²) in [6, 6.07) is 56.9. The van der Waals surface area contributed by atoms with Crippen LogP contribution in [0.4, 0.5) is 0 Å². The van der Waals surface area contributed by atoms with Gasteiger partial charge in [0, 0.05) is 47.8 Å². The van der Waals surface area contributed by atoms with Gasteiger partial charge in [-0.1, -0.05) is 127 Å². The second-order valence-electron chi connectivity index (χ2n) is 12.5. The van der Waals surface area contributed by atoms with E-state index in [9.17, 15) is 0 Å². The smallest absolute Gasteiger partial charge is 0.165 e. The summed E-state index contributed by atoms with van der Waals surface area (Å²) in [5.41, 5.74) is 7.12. The lowest BCUT2D eigenvalue weighted by atomic mass is 10.00. The number of aromatic nitrogens is 3. The Morgan fingerprint density at radius 2 is 1.04 bits per heavy atom. The predicted octanol–water partition coefficient (Wildman–Crippen LogP) is 12.5. The first-order valence-electron chi connectivity index (χ1n) is 16.6. The van der Waals surface area contributed by atoms with Gasteiger partial charge < -0.3 is 4.42 Å². The lowest BCUT2D eigenvalue weighted by Crippen LogP contribution is -2.00. The standard InChI is InChI=1S/C45H27N3OS/c1-2-9-28(10-3-1)31-21-22-33-26-35(24-23-32(33)25-31)44-46-43(30-19-17-29(18-20-30)40-27-34-11-4-6-15-39(34)49-40)47-45(48-44)38-14-8-13-37-36-12-5-7-16-41(36)50-42(37)38/h1-27H. The number of fused-ring (bicyclic) bond motifs is 5. The number of thiophene rings is 1. The lowest BCUT2D eigenvalue weighted by Gasteiger charge is -2.10. The first-order valence-corrected chi connectivity index (χ1v) is 17.4. The molecule has 0 amide bonds. The van der Waals surface area contributed by atoms with Gasteiger partial charge in [-0.25, -0.2) is 15.0 Å². The van der Waals surface area contributed by atoms with Crippen molar-refractivity contribution in [1.29, 1.82) is 0 Å². The molecule has 0 aliphatic rings. The molecule has 0 bridgehead atoms. The van der Waals surface area contributed by atoms with Gasteiger partial charge in [0.25, 0.3) is 0 Å². The molecule has 0 saturated carbocycles. The van der Waals surface area contributed by atoms with Crippen LogP contribution in [-0.4, -0.2) is 15.0 Å². The third-order valence-electron chi connectivity index (χ3n) is 9.34. The van der Waals surface area contributed by atoms with Gasteiger partial charge in [0.1, 0.15) is 11.3 Å². The monoisotopic (exact) mass is 657 g/mol. The van der Waals surface area contributed by atoms with Crippen molar-refractivity contribution < 1.29 is 4.42 Å². The van der Waals surface area contributed by atoms with Crippen LogP contribution in [0.3, 0.4) is 0 Å². The molecule has 10 rings (SSSR count). The predicted molar refractivity (Wildman–Crippen MR) is 207 cm³/mol. The molecule has 50 heavy (non-hydrogen) atoms. The van der Waals surface area contributed by atoms with Gasteiger partial charge in [0.05, 0.1) is 0 Å². The van der Waals surface area contributed by atoms with E-state index in [1.54, 1.807) is 11.3 Å². The van der Waals surface area contributed by atoms with Crippen LogP contribution >= 0.6 is 11.3 Å². The van der Waals surface area contributed by atoms with Crippen molar-refractivity contribution in [2.75, 3.05) is 0 Å². The van der Waals surface area contributed by atoms with Crippen LogP contribution in [0, 0.1) is 0 Å². The van der Waals surface area contributed by atoms with Crippen LogP contribution in [0.5, 0.6) is 0 Å². The summed E-state index contributed by atoms with van der Waals surface area (Å²) in [5, 5.41) is 5.84. The minimum atomic E-state index is 0.624. The molecule has 3 heterocycles. The summed E-state index contributed by atoms with van der Waals surface area (Å²) >= 11 is 1.78. The second kappa shape index (κ2) is 11.6. The van der Waals surface area contributed by atoms with Crippen molar-refractivity contribution >= 4 is 53.3 Å². The Balaban J connectivity index is 1.11. The van der Waals surface area contributed by atoms with Crippen molar-refractivity contribution in [3.63, 3.8) is 0 Å². The Kier molecular flexibility index (Phi) is 6.64. The van der Waals surface area contributed by atoms with Crippen molar-refractivity contribution in [3.8, 4) is 56.6 Å². The highest BCUT2D eigenvalue weighted by molar-refractivity contribution is 7.26. The summed E-state index contributed by atoms with van der Waals surface area (Å²) in [4.78, 5) is 15.4. The van der Waals surface area contributed by atoms with Crippen molar-refractivity contribution in [1.82, 2.24) is 15.0 Å². The Morgan fingerprint density at radius 1 is 0.400 bits per heavy atom. The number of hydrogen-bond donors (Lipinski definition) is 0. The van der Waals surface area contributed by atoms with Crippen LogP contribution in [0.2, 0.25) is 0 Å². The SMILES string of the molecule is c1ccc(-c2ccc3cc(-c4nc(-c5ccc(-c6cc7ccccc7o6)cc5)nc(-c5cccc6c5sc5ccccc56)n4)ccc3c2)cc1. The van der Waals surface area contributed by atoms with E-state index in [-0.39, 0.29) is 0 Å². The maximum atomic E-state index is 6.15. The third kappa shape index (κ3) is 4.95. The maximum absolute atomic E-state index is 6.15. The molecule has 0 saturated heterocycles. The molecule has 234 valence electrons. The highest BCUT2D eigenvalue weighted by Crippen LogP contribution is 2.40. The topological polar surface area (TPSA) is 51.8 Å². The van der Waals surface area contributed by atoms with Crippen molar-refractivity contribution in [3.05, 3.63) is 164 Å². The number of furan rings is 1. The third-order valence-corrected chi connectivity index (χ3v) is 10.6. The van der Waals surface area contributed by atoms with E-state index in [1.807, 2.05) is 24.3 Å². The highest BCUT2D eigenvalue weighted by Gasteiger charge is 2.17. The minimum absolute atomic E-state index is 0.624. The van der Waals surface area contributed by atoms with Crippen LogP contribution in [-0.2, 0) is 0 Å². The van der Waals surface area contributed by atoms with E-state index in [2.05, 4.69) is 140 Å². The molecular weight excluding hydrogens is 631 g/mol. The van der Waals surface area contributed by atoms with E-state index in [1.165, 1.54) is 36.7 Å². The molecule has 4 nitrogen and oxygen atoms in total. The first kappa shape index (κ1) is 28.6. The fourth-order valence-corrected chi connectivity index (χ4v) is 7.99. The highest BCUT2D eigenvalue weighted by atomic mass is 32.1. The zero-order valence-electron chi connectivity index (χ0n) is 26.7. The summed E-state index contributed by atoms with van der Waals surface area (Å²) in [6.45, 7) is 0. The molecule has 0 N–H and O–H groups in total. The van der Waals surface area contributed by atoms with Gasteiger partial charge in [-0.05, 0) is 58.3 Å². The molecule has 0 unspecified atom stereocenters. The molecular formula is C45H27N3OS. The largest absolute Gasteiger partial charge is 0.456 e.